The lowest BCUT2D eigenvalue weighted by atomic mass is 10.1. The van der Waals surface area contributed by atoms with Crippen molar-refractivity contribution in [1.29, 1.82) is 0 Å². The van der Waals surface area contributed by atoms with Crippen LogP contribution in [-0.4, -0.2) is 27.3 Å². The van der Waals surface area contributed by atoms with Crippen molar-refractivity contribution < 1.29 is 0 Å². The van der Waals surface area contributed by atoms with Crippen LogP contribution in [0, 0.1) is 0 Å². The second-order valence-electron chi connectivity index (χ2n) is 6.05. The standard InChI is InChI=1S/C20H23ClN6/c1-2-23-20(25-12-18-8-3-4-9-19(18)21)24-11-16-6-5-7-17(10-16)13-27-15-22-14-26-27/h3-10,14-15H,2,11-13H2,1H3,(H2,23,24,25). The molecule has 0 atom stereocenters. The van der Waals surface area contributed by atoms with Crippen molar-refractivity contribution in [3.05, 3.63) is 82.9 Å². The average Bonchev–Trinajstić information content (AvgIpc) is 3.18. The minimum atomic E-state index is 0.586. The molecule has 0 unspecified atom stereocenters. The van der Waals surface area contributed by atoms with Crippen molar-refractivity contribution in [2.45, 2.75) is 26.6 Å². The molecule has 0 aliphatic heterocycles. The van der Waals surface area contributed by atoms with E-state index >= 15 is 0 Å². The predicted molar refractivity (Wildman–Crippen MR) is 109 cm³/mol. The molecule has 3 aromatic rings. The zero-order valence-electron chi connectivity index (χ0n) is 15.3. The number of halogens is 1. The highest BCUT2D eigenvalue weighted by Gasteiger charge is 2.03. The van der Waals surface area contributed by atoms with Gasteiger partial charge in [0, 0.05) is 18.1 Å². The Kier molecular flexibility index (Phi) is 6.82. The Labute approximate surface area is 164 Å². The zero-order valence-corrected chi connectivity index (χ0v) is 16.0. The van der Waals surface area contributed by atoms with Crippen molar-refractivity contribution in [2.75, 3.05) is 6.54 Å². The number of nitrogens with one attached hydrogen (secondary N) is 2. The molecule has 0 bridgehead atoms. The first-order chi connectivity index (χ1) is 13.2. The summed E-state index contributed by atoms with van der Waals surface area (Å²) in [5, 5.41) is 11.5. The second kappa shape index (κ2) is 9.73. The van der Waals surface area contributed by atoms with Gasteiger partial charge in [-0.05, 0) is 29.7 Å². The van der Waals surface area contributed by atoms with E-state index in [1.165, 1.54) is 5.56 Å². The van der Waals surface area contributed by atoms with Crippen molar-refractivity contribution in [3.8, 4) is 0 Å². The molecule has 7 heteroatoms. The van der Waals surface area contributed by atoms with Crippen LogP contribution in [0.1, 0.15) is 23.6 Å². The molecule has 2 aromatic carbocycles. The van der Waals surface area contributed by atoms with E-state index in [1.807, 2.05) is 37.3 Å². The molecular weight excluding hydrogens is 360 g/mol. The van der Waals surface area contributed by atoms with Gasteiger partial charge in [-0.1, -0.05) is 54.1 Å². The molecular formula is C20H23ClN6. The molecule has 0 fully saturated rings. The second-order valence-corrected chi connectivity index (χ2v) is 6.46. The largest absolute Gasteiger partial charge is 0.357 e. The Hall–Kier alpha value is -2.86. The van der Waals surface area contributed by atoms with Gasteiger partial charge in [0.25, 0.3) is 0 Å². The number of hydrogen-bond donors (Lipinski definition) is 2. The molecule has 0 aliphatic carbocycles. The fraction of sp³-hybridized carbons (Fsp3) is 0.250. The van der Waals surface area contributed by atoms with Crippen LogP contribution in [0.25, 0.3) is 0 Å². The van der Waals surface area contributed by atoms with Crippen LogP contribution in [0.3, 0.4) is 0 Å². The Balaban J connectivity index is 1.63. The summed E-state index contributed by atoms with van der Waals surface area (Å²) in [6.45, 7) is 4.75. The van der Waals surface area contributed by atoms with Crippen molar-refractivity contribution >= 4 is 17.6 Å². The van der Waals surface area contributed by atoms with Gasteiger partial charge in [-0.25, -0.2) is 14.7 Å². The first-order valence-electron chi connectivity index (χ1n) is 8.90. The Bertz CT molecular complexity index is 876. The zero-order chi connectivity index (χ0) is 18.9. The molecule has 0 radical (unpaired) electrons. The number of benzene rings is 2. The minimum Gasteiger partial charge on any atom is -0.357 e. The quantitative estimate of drug-likeness (QED) is 0.486. The van der Waals surface area contributed by atoms with Crippen LogP contribution in [0.15, 0.2) is 66.2 Å². The number of hydrogen-bond acceptors (Lipinski definition) is 3. The van der Waals surface area contributed by atoms with Gasteiger partial charge in [0.2, 0.25) is 0 Å². The smallest absolute Gasteiger partial charge is 0.191 e. The summed E-state index contributed by atoms with van der Waals surface area (Å²) in [5.74, 6) is 0.763. The number of nitrogens with zero attached hydrogens (tertiary/aromatic N) is 4. The first-order valence-corrected chi connectivity index (χ1v) is 9.28. The molecule has 1 aromatic heterocycles. The highest BCUT2D eigenvalue weighted by Crippen LogP contribution is 2.14. The molecule has 140 valence electrons. The van der Waals surface area contributed by atoms with E-state index in [4.69, 9.17) is 11.6 Å². The van der Waals surface area contributed by atoms with E-state index in [-0.39, 0.29) is 0 Å². The molecule has 2 N–H and O–H groups in total. The highest BCUT2D eigenvalue weighted by atomic mass is 35.5. The lowest BCUT2D eigenvalue weighted by Gasteiger charge is -2.12. The van der Waals surface area contributed by atoms with Gasteiger partial charge >= 0.3 is 0 Å². The molecule has 0 spiro atoms. The van der Waals surface area contributed by atoms with Crippen LogP contribution >= 0.6 is 11.6 Å². The predicted octanol–water partition coefficient (Wildman–Crippen LogP) is 3.24. The number of rotatable bonds is 7. The minimum absolute atomic E-state index is 0.586. The maximum atomic E-state index is 6.22. The lowest BCUT2D eigenvalue weighted by Crippen LogP contribution is -2.36. The highest BCUT2D eigenvalue weighted by molar-refractivity contribution is 6.31. The summed E-state index contributed by atoms with van der Waals surface area (Å²) >= 11 is 6.22. The van der Waals surface area contributed by atoms with E-state index in [9.17, 15) is 0 Å². The van der Waals surface area contributed by atoms with Gasteiger partial charge in [-0.2, -0.15) is 5.10 Å². The van der Waals surface area contributed by atoms with Crippen molar-refractivity contribution in [3.63, 3.8) is 0 Å². The average molecular weight is 383 g/mol. The van der Waals surface area contributed by atoms with Crippen LogP contribution < -0.4 is 10.6 Å². The van der Waals surface area contributed by atoms with E-state index < -0.39 is 0 Å². The maximum Gasteiger partial charge on any atom is 0.191 e. The molecule has 0 aliphatic rings. The fourth-order valence-electron chi connectivity index (χ4n) is 2.66. The van der Waals surface area contributed by atoms with Crippen LogP contribution in [0.2, 0.25) is 5.02 Å². The lowest BCUT2D eigenvalue weighted by molar-refractivity contribution is 0.684. The van der Waals surface area contributed by atoms with Crippen LogP contribution in [0.4, 0.5) is 0 Å². The summed E-state index contributed by atoms with van der Waals surface area (Å²) in [6.07, 6.45) is 3.26. The van der Waals surface area contributed by atoms with Gasteiger partial charge in [0.15, 0.2) is 5.96 Å². The summed E-state index contributed by atoms with van der Waals surface area (Å²) in [4.78, 5) is 8.66. The Morgan fingerprint density at radius 3 is 2.74 bits per heavy atom. The maximum absolute atomic E-state index is 6.22. The third kappa shape index (κ3) is 5.82. The van der Waals surface area contributed by atoms with Crippen molar-refractivity contribution in [2.24, 2.45) is 4.99 Å². The van der Waals surface area contributed by atoms with Crippen LogP contribution in [-0.2, 0) is 19.6 Å². The van der Waals surface area contributed by atoms with E-state index in [0.717, 1.165) is 28.7 Å². The molecule has 6 nitrogen and oxygen atoms in total. The fourth-order valence-corrected chi connectivity index (χ4v) is 2.86. The first kappa shape index (κ1) is 18.9. The normalized spacial score (nSPS) is 11.4. The monoisotopic (exact) mass is 382 g/mol. The van der Waals surface area contributed by atoms with E-state index in [2.05, 4.69) is 43.9 Å². The summed E-state index contributed by atoms with van der Waals surface area (Å²) < 4.78 is 1.80. The summed E-state index contributed by atoms with van der Waals surface area (Å²) in [7, 11) is 0. The SMILES string of the molecule is CCNC(=NCc1cccc(Cn2cncn2)c1)NCc1ccccc1Cl. The van der Waals surface area contributed by atoms with Crippen molar-refractivity contribution in [1.82, 2.24) is 25.4 Å². The third-order valence-electron chi connectivity index (χ3n) is 3.97. The van der Waals surface area contributed by atoms with Gasteiger partial charge in [-0.3, -0.25) is 0 Å². The summed E-state index contributed by atoms with van der Waals surface area (Å²) in [5.41, 5.74) is 3.35. The third-order valence-corrected chi connectivity index (χ3v) is 4.34. The number of guanidine groups is 1. The Morgan fingerprint density at radius 2 is 1.96 bits per heavy atom. The molecule has 0 saturated carbocycles. The van der Waals surface area contributed by atoms with Gasteiger partial charge in [-0.15, -0.1) is 0 Å². The van der Waals surface area contributed by atoms with Gasteiger partial charge < -0.3 is 10.6 Å². The molecule has 1 heterocycles. The molecule has 27 heavy (non-hydrogen) atoms. The van der Waals surface area contributed by atoms with Gasteiger partial charge in [0.1, 0.15) is 12.7 Å². The van der Waals surface area contributed by atoms with Crippen LogP contribution in [0.5, 0.6) is 0 Å². The molecule has 3 rings (SSSR count). The summed E-state index contributed by atoms with van der Waals surface area (Å²) in [6, 6.07) is 16.1. The molecule has 0 saturated heterocycles. The number of aliphatic imine (C=N–C) groups is 1. The Morgan fingerprint density at radius 1 is 1.11 bits per heavy atom. The number of aromatic nitrogens is 3. The molecule has 0 amide bonds. The van der Waals surface area contributed by atoms with E-state index in [0.29, 0.717) is 19.6 Å². The van der Waals surface area contributed by atoms with Gasteiger partial charge in [0.05, 0.1) is 13.1 Å². The topological polar surface area (TPSA) is 67.1 Å². The van der Waals surface area contributed by atoms with E-state index in [1.54, 1.807) is 17.3 Å².